The number of hydrogen-bond acceptors (Lipinski definition) is 4. The molecule has 0 aliphatic carbocycles. The number of aryl methyl sites for hydroxylation is 1. The summed E-state index contributed by atoms with van der Waals surface area (Å²) in [6.07, 6.45) is 0. The average molecular weight is 333 g/mol. The minimum absolute atomic E-state index is 0.109. The molecule has 0 radical (unpaired) electrons. The van der Waals surface area contributed by atoms with E-state index in [0.29, 0.717) is 0 Å². The van der Waals surface area contributed by atoms with Gasteiger partial charge in [-0.25, -0.2) is 8.42 Å². The maximum atomic E-state index is 12.1. The van der Waals surface area contributed by atoms with Gasteiger partial charge in [-0.05, 0) is 37.1 Å². The predicted molar refractivity (Wildman–Crippen MR) is 88.4 cm³/mol. The van der Waals surface area contributed by atoms with E-state index in [0.717, 1.165) is 16.7 Å². The summed E-state index contributed by atoms with van der Waals surface area (Å²) in [5.74, 6) is -0.604. The lowest BCUT2D eigenvalue weighted by molar-refractivity contribution is -0.141. The van der Waals surface area contributed by atoms with Crippen molar-refractivity contribution in [1.82, 2.24) is 4.72 Å². The van der Waals surface area contributed by atoms with Crippen molar-refractivity contribution in [3.63, 3.8) is 0 Å². The quantitative estimate of drug-likeness (QED) is 0.825. The van der Waals surface area contributed by atoms with Crippen LogP contribution >= 0.6 is 0 Å². The van der Waals surface area contributed by atoms with Crippen LogP contribution in [-0.4, -0.2) is 27.5 Å². The van der Waals surface area contributed by atoms with Crippen LogP contribution < -0.4 is 4.72 Å². The summed E-state index contributed by atoms with van der Waals surface area (Å²) in [6.45, 7) is 3.51. The van der Waals surface area contributed by atoms with Gasteiger partial charge in [-0.3, -0.25) is 4.79 Å². The number of benzene rings is 2. The number of esters is 1. The highest BCUT2D eigenvalue weighted by atomic mass is 32.2. The Hall–Kier alpha value is -2.18. The van der Waals surface area contributed by atoms with Crippen LogP contribution in [0.3, 0.4) is 0 Å². The average Bonchev–Trinajstić information content (AvgIpc) is 2.54. The van der Waals surface area contributed by atoms with Gasteiger partial charge in [0, 0.05) is 0 Å². The largest absolute Gasteiger partial charge is 0.465 e. The molecule has 2 aromatic carbocycles. The van der Waals surface area contributed by atoms with Gasteiger partial charge in [0.25, 0.3) is 0 Å². The van der Waals surface area contributed by atoms with E-state index in [1.165, 1.54) is 12.1 Å². The Bertz CT molecular complexity index is 765. The van der Waals surface area contributed by atoms with E-state index in [-0.39, 0.29) is 18.0 Å². The molecule has 0 atom stereocenters. The Morgan fingerprint density at radius 3 is 2.04 bits per heavy atom. The van der Waals surface area contributed by atoms with Crippen LogP contribution in [0.15, 0.2) is 53.4 Å². The molecular formula is C17H19NO4S. The van der Waals surface area contributed by atoms with Gasteiger partial charge in [0.1, 0.15) is 6.54 Å². The number of rotatable bonds is 6. The van der Waals surface area contributed by atoms with Crippen LogP contribution in [0.5, 0.6) is 0 Å². The van der Waals surface area contributed by atoms with Crippen molar-refractivity contribution in [2.45, 2.75) is 18.7 Å². The van der Waals surface area contributed by atoms with E-state index < -0.39 is 16.0 Å². The van der Waals surface area contributed by atoms with Crippen molar-refractivity contribution in [3.8, 4) is 11.1 Å². The van der Waals surface area contributed by atoms with Gasteiger partial charge in [0.15, 0.2) is 0 Å². The number of nitrogens with one attached hydrogen (secondary N) is 1. The van der Waals surface area contributed by atoms with Crippen LogP contribution in [0.1, 0.15) is 12.5 Å². The van der Waals surface area contributed by atoms with Crippen LogP contribution in [0.2, 0.25) is 0 Å². The molecule has 2 aromatic rings. The monoisotopic (exact) mass is 333 g/mol. The standard InChI is InChI=1S/C17H19NO4S/c1-3-22-17(19)12-18-23(20,21)16-10-8-15(9-11-16)14-6-4-13(2)5-7-14/h4-11,18H,3,12H2,1-2H3. The van der Waals surface area contributed by atoms with Crippen molar-refractivity contribution >= 4 is 16.0 Å². The van der Waals surface area contributed by atoms with Gasteiger partial charge in [-0.2, -0.15) is 4.72 Å². The highest BCUT2D eigenvalue weighted by molar-refractivity contribution is 7.89. The zero-order valence-electron chi connectivity index (χ0n) is 13.1. The van der Waals surface area contributed by atoms with E-state index in [2.05, 4.69) is 4.72 Å². The van der Waals surface area contributed by atoms with E-state index >= 15 is 0 Å². The van der Waals surface area contributed by atoms with Crippen molar-refractivity contribution in [2.75, 3.05) is 13.2 Å². The molecule has 0 unspecified atom stereocenters. The Morgan fingerprint density at radius 1 is 1.00 bits per heavy atom. The lowest BCUT2D eigenvalue weighted by Crippen LogP contribution is -2.30. The first-order valence-corrected chi connectivity index (χ1v) is 8.73. The van der Waals surface area contributed by atoms with Gasteiger partial charge >= 0.3 is 5.97 Å². The fourth-order valence-corrected chi connectivity index (χ4v) is 2.99. The third-order valence-electron chi connectivity index (χ3n) is 3.26. The first-order valence-electron chi connectivity index (χ1n) is 7.25. The van der Waals surface area contributed by atoms with E-state index in [9.17, 15) is 13.2 Å². The highest BCUT2D eigenvalue weighted by Crippen LogP contribution is 2.21. The van der Waals surface area contributed by atoms with Crippen molar-refractivity contribution in [2.24, 2.45) is 0 Å². The minimum Gasteiger partial charge on any atom is -0.465 e. The predicted octanol–water partition coefficient (Wildman–Crippen LogP) is 2.50. The lowest BCUT2D eigenvalue weighted by atomic mass is 10.0. The molecule has 2 rings (SSSR count). The number of carbonyl (C=O) groups is 1. The summed E-state index contributed by atoms with van der Waals surface area (Å²) in [5.41, 5.74) is 3.10. The SMILES string of the molecule is CCOC(=O)CNS(=O)(=O)c1ccc(-c2ccc(C)cc2)cc1. The fourth-order valence-electron chi connectivity index (χ4n) is 2.02. The Kier molecular flexibility index (Phi) is 5.52. The van der Waals surface area contributed by atoms with Crippen LogP contribution in [0, 0.1) is 6.92 Å². The minimum atomic E-state index is -3.73. The fraction of sp³-hybridized carbons (Fsp3) is 0.235. The normalized spacial score (nSPS) is 11.2. The molecule has 5 nitrogen and oxygen atoms in total. The molecule has 0 aromatic heterocycles. The Balaban J connectivity index is 2.12. The molecule has 1 N–H and O–H groups in total. The second-order valence-corrected chi connectivity index (χ2v) is 6.79. The number of sulfonamides is 1. The first-order chi connectivity index (χ1) is 10.9. The second-order valence-electron chi connectivity index (χ2n) is 5.02. The zero-order chi connectivity index (χ0) is 16.9. The van der Waals surface area contributed by atoms with Gasteiger partial charge in [-0.15, -0.1) is 0 Å². The summed E-state index contributed by atoms with van der Waals surface area (Å²) < 4.78 is 31.1. The van der Waals surface area contributed by atoms with E-state index in [4.69, 9.17) is 4.74 Å². The third kappa shape index (κ3) is 4.64. The molecule has 0 aliphatic rings. The van der Waals surface area contributed by atoms with E-state index in [1.54, 1.807) is 19.1 Å². The molecular weight excluding hydrogens is 314 g/mol. The van der Waals surface area contributed by atoms with Gasteiger partial charge in [0.05, 0.1) is 11.5 Å². The first kappa shape index (κ1) is 17.2. The molecule has 0 aliphatic heterocycles. The van der Waals surface area contributed by atoms with Crippen LogP contribution in [0.25, 0.3) is 11.1 Å². The summed E-state index contributed by atoms with van der Waals surface area (Å²) in [4.78, 5) is 11.3. The summed E-state index contributed by atoms with van der Waals surface area (Å²) in [5, 5.41) is 0. The molecule has 6 heteroatoms. The van der Waals surface area contributed by atoms with Crippen molar-refractivity contribution < 1.29 is 17.9 Å². The van der Waals surface area contributed by atoms with E-state index in [1.807, 2.05) is 31.2 Å². The van der Waals surface area contributed by atoms with Crippen molar-refractivity contribution in [1.29, 1.82) is 0 Å². The van der Waals surface area contributed by atoms with Crippen molar-refractivity contribution in [3.05, 3.63) is 54.1 Å². The number of ether oxygens (including phenoxy) is 1. The molecule has 23 heavy (non-hydrogen) atoms. The number of carbonyl (C=O) groups excluding carboxylic acids is 1. The maximum absolute atomic E-state index is 12.1. The molecule has 122 valence electrons. The van der Waals surface area contributed by atoms with Gasteiger partial charge in [0.2, 0.25) is 10.0 Å². The van der Waals surface area contributed by atoms with Gasteiger partial charge < -0.3 is 4.74 Å². The zero-order valence-corrected chi connectivity index (χ0v) is 13.9. The molecule has 0 fully saturated rings. The molecule has 0 saturated carbocycles. The third-order valence-corrected chi connectivity index (χ3v) is 4.68. The summed E-state index contributed by atoms with van der Waals surface area (Å²) in [7, 11) is -3.73. The Morgan fingerprint density at radius 2 is 1.52 bits per heavy atom. The molecule has 0 bridgehead atoms. The van der Waals surface area contributed by atoms with Crippen LogP contribution in [0.4, 0.5) is 0 Å². The second kappa shape index (κ2) is 7.39. The highest BCUT2D eigenvalue weighted by Gasteiger charge is 2.15. The summed E-state index contributed by atoms with van der Waals surface area (Å²) in [6, 6.07) is 14.5. The molecule has 0 amide bonds. The molecule has 0 saturated heterocycles. The Labute approximate surface area is 136 Å². The molecule has 0 spiro atoms. The molecule has 0 heterocycles. The van der Waals surface area contributed by atoms with Gasteiger partial charge in [-0.1, -0.05) is 42.0 Å². The lowest BCUT2D eigenvalue weighted by Gasteiger charge is -2.08. The number of hydrogen-bond donors (Lipinski definition) is 1. The topological polar surface area (TPSA) is 72.5 Å². The smallest absolute Gasteiger partial charge is 0.321 e. The maximum Gasteiger partial charge on any atom is 0.321 e. The summed E-state index contributed by atoms with van der Waals surface area (Å²) >= 11 is 0. The van der Waals surface area contributed by atoms with Crippen LogP contribution in [-0.2, 0) is 19.6 Å².